The van der Waals surface area contributed by atoms with E-state index >= 15 is 0 Å². The van der Waals surface area contributed by atoms with Crippen LogP contribution in [-0.2, 0) is 22.6 Å². The lowest BCUT2D eigenvalue weighted by Gasteiger charge is -2.30. The maximum Gasteiger partial charge on any atom is 0.353 e. The van der Waals surface area contributed by atoms with Crippen molar-refractivity contribution < 1.29 is 28.6 Å². The summed E-state index contributed by atoms with van der Waals surface area (Å²) in [6.45, 7) is 7.32. The molecule has 0 aliphatic heterocycles. The van der Waals surface area contributed by atoms with E-state index in [1.54, 1.807) is 32.0 Å². The molecule has 1 heterocycles. The Morgan fingerprint density at radius 3 is 2.64 bits per heavy atom. The van der Waals surface area contributed by atoms with E-state index in [0.29, 0.717) is 12.1 Å². The first-order valence-electron chi connectivity index (χ1n) is 10.2. The number of amides is 1. The molecule has 0 bridgehead atoms. The van der Waals surface area contributed by atoms with Crippen LogP contribution >= 0.6 is 11.3 Å². The monoisotopic (exact) mass is 477 g/mol. The molecule has 0 spiro atoms. The second-order valence-electron chi connectivity index (χ2n) is 7.98. The maximum atomic E-state index is 14.3. The van der Waals surface area contributed by atoms with Gasteiger partial charge in [-0.15, -0.1) is 17.9 Å². The van der Waals surface area contributed by atoms with Gasteiger partial charge in [0.2, 0.25) is 5.91 Å². The molecule has 0 unspecified atom stereocenters. The maximum absolute atomic E-state index is 14.3. The van der Waals surface area contributed by atoms with Crippen molar-refractivity contribution in [2.75, 3.05) is 19.8 Å². The van der Waals surface area contributed by atoms with E-state index in [2.05, 4.69) is 11.9 Å². The van der Waals surface area contributed by atoms with E-state index in [1.807, 2.05) is 0 Å². The molecule has 2 rings (SSSR count). The lowest BCUT2D eigenvalue weighted by Crippen LogP contribution is -2.44. The van der Waals surface area contributed by atoms with Crippen molar-refractivity contribution in [3.8, 4) is 5.75 Å². The van der Waals surface area contributed by atoms with E-state index < -0.39 is 29.7 Å². The number of carboxylic acid groups (broad SMARTS) is 1. The van der Waals surface area contributed by atoms with Crippen LogP contribution in [0.2, 0.25) is 0 Å². The number of esters is 1. The van der Waals surface area contributed by atoms with Gasteiger partial charge in [0.1, 0.15) is 11.4 Å². The Hall–Kier alpha value is -3.08. The minimum absolute atomic E-state index is 0.114. The van der Waals surface area contributed by atoms with E-state index in [0.717, 1.165) is 16.2 Å². The van der Waals surface area contributed by atoms with Crippen LogP contribution in [0.3, 0.4) is 0 Å². The number of thiophene rings is 1. The zero-order valence-electron chi connectivity index (χ0n) is 18.6. The molecule has 1 amide bonds. The standard InChI is InChI=1S/C23H28FN3O5S/c1-4-9-27(13-20(28)29)22(31)23(2,3)11-16-6-8-19(33-16)21(30)32-18-7-5-15(10-17(18)24)12-26-14-25/h4-8,10,26H,1,9,11-14,25H2,2-3H3,(H,28,29). The summed E-state index contributed by atoms with van der Waals surface area (Å²) in [4.78, 5) is 38.7. The molecular formula is C23H28FN3O5S. The van der Waals surface area contributed by atoms with Gasteiger partial charge in [0, 0.05) is 30.1 Å². The summed E-state index contributed by atoms with van der Waals surface area (Å²) in [6, 6.07) is 7.54. The molecule has 1 aromatic heterocycles. The molecule has 8 nitrogen and oxygen atoms in total. The fraction of sp³-hybridized carbons (Fsp3) is 0.348. The summed E-state index contributed by atoms with van der Waals surface area (Å²) in [6.07, 6.45) is 1.75. The van der Waals surface area contributed by atoms with E-state index in [-0.39, 0.29) is 36.2 Å². The average molecular weight is 478 g/mol. The van der Waals surface area contributed by atoms with Gasteiger partial charge < -0.3 is 25.8 Å². The van der Waals surface area contributed by atoms with Crippen LogP contribution in [0.15, 0.2) is 43.0 Å². The Morgan fingerprint density at radius 2 is 2.03 bits per heavy atom. The Bertz CT molecular complexity index is 1020. The minimum Gasteiger partial charge on any atom is -0.480 e. The van der Waals surface area contributed by atoms with Gasteiger partial charge in [-0.25, -0.2) is 9.18 Å². The van der Waals surface area contributed by atoms with Gasteiger partial charge in [-0.1, -0.05) is 26.0 Å². The van der Waals surface area contributed by atoms with Crippen molar-refractivity contribution in [1.82, 2.24) is 10.2 Å². The molecule has 0 aliphatic rings. The third kappa shape index (κ3) is 7.48. The van der Waals surface area contributed by atoms with Gasteiger partial charge in [0.05, 0.1) is 0 Å². The van der Waals surface area contributed by atoms with Crippen molar-refractivity contribution in [1.29, 1.82) is 0 Å². The highest BCUT2D eigenvalue weighted by Gasteiger charge is 2.33. The largest absolute Gasteiger partial charge is 0.480 e. The molecule has 178 valence electrons. The van der Waals surface area contributed by atoms with Crippen molar-refractivity contribution in [3.63, 3.8) is 0 Å². The van der Waals surface area contributed by atoms with Gasteiger partial charge in [-0.2, -0.15) is 0 Å². The number of hydrogen-bond acceptors (Lipinski definition) is 7. The number of carbonyl (C=O) groups excluding carboxylic acids is 2. The second-order valence-corrected chi connectivity index (χ2v) is 9.15. The topological polar surface area (TPSA) is 122 Å². The normalized spacial score (nSPS) is 11.2. The number of rotatable bonds is 12. The molecule has 0 aliphatic carbocycles. The zero-order valence-corrected chi connectivity index (χ0v) is 19.4. The lowest BCUT2D eigenvalue weighted by molar-refractivity contribution is -0.148. The van der Waals surface area contributed by atoms with E-state index in [1.165, 1.54) is 23.1 Å². The van der Waals surface area contributed by atoms with Crippen LogP contribution in [0.25, 0.3) is 0 Å². The molecule has 10 heteroatoms. The van der Waals surface area contributed by atoms with Crippen molar-refractivity contribution in [2.45, 2.75) is 26.8 Å². The van der Waals surface area contributed by atoms with Crippen LogP contribution in [0.5, 0.6) is 5.75 Å². The molecule has 0 atom stereocenters. The van der Waals surface area contributed by atoms with Gasteiger partial charge in [0.25, 0.3) is 0 Å². The Kier molecular flexibility index (Phi) is 9.27. The summed E-state index contributed by atoms with van der Waals surface area (Å²) in [5.41, 5.74) is 5.11. The van der Waals surface area contributed by atoms with Crippen molar-refractivity contribution >= 4 is 29.2 Å². The molecule has 0 saturated carbocycles. The van der Waals surface area contributed by atoms with E-state index in [9.17, 15) is 18.8 Å². The fourth-order valence-electron chi connectivity index (χ4n) is 3.16. The average Bonchev–Trinajstić information content (AvgIpc) is 3.20. The molecule has 33 heavy (non-hydrogen) atoms. The third-order valence-corrected chi connectivity index (χ3v) is 5.76. The first-order chi connectivity index (χ1) is 15.6. The summed E-state index contributed by atoms with van der Waals surface area (Å²) in [5.74, 6) is -3.01. The highest BCUT2D eigenvalue weighted by molar-refractivity contribution is 7.14. The number of halogens is 1. The fourth-order valence-corrected chi connectivity index (χ4v) is 4.28. The molecule has 1 aromatic carbocycles. The first-order valence-corrected chi connectivity index (χ1v) is 11.0. The second kappa shape index (κ2) is 11.7. The summed E-state index contributed by atoms with van der Waals surface area (Å²) in [7, 11) is 0. The van der Waals surface area contributed by atoms with E-state index in [4.69, 9.17) is 15.6 Å². The highest BCUT2D eigenvalue weighted by atomic mass is 32.1. The number of nitrogens with zero attached hydrogens (tertiary/aromatic N) is 1. The number of carbonyl (C=O) groups is 3. The van der Waals surface area contributed by atoms with Crippen molar-refractivity contribution in [2.24, 2.45) is 11.1 Å². The quantitative estimate of drug-likeness (QED) is 0.186. The number of carboxylic acids is 1. The van der Waals surface area contributed by atoms with Crippen LogP contribution < -0.4 is 15.8 Å². The number of ether oxygens (including phenoxy) is 1. The molecule has 0 radical (unpaired) electrons. The van der Waals surface area contributed by atoms with Crippen LogP contribution in [-0.4, -0.2) is 47.6 Å². The Labute approximate surface area is 195 Å². The van der Waals surface area contributed by atoms with Gasteiger partial charge >= 0.3 is 11.9 Å². The molecule has 2 aromatic rings. The highest BCUT2D eigenvalue weighted by Crippen LogP contribution is 2.30. The van der Waals surface area contributed by atoms with Crippen molar-refractivity contribution in [3.05, 3.63) is 64.1 Å². The Balaban J connectivity index is 2.07. The lowest BCUT2D eigenvalue weighted by atomic mass is 9.87. The number of nitrogens with two attached hydrogens (primary N) is 1. The van der Waals surface area contributed by atoms with Crippen LogP contribution in [0, 0.1) is 11.2 Å². The van der Waals surface area contributed by atoms with Gasteiger partial charge in [-0.05, 0) is 36.2 Å². The predicted molar refractivity (Wildman–Crippen MR) is 123 cm³/mol. The molecular weight excluding hydrogens is 449 g/mol. The Morgan fingerprint density at radius 1 is 1.30 bits per heavy atom. The number of benzene rings is 1. The zero-order chi connectivity index (χ0) is 24.6. The summed E-state index contributed by atoms with van der Waals surface area (Å²) >= 11 is 1.14. The summed E-state index contributed by atoms with van der Waals surface area (Å²) in [5, 5.41) is 11.9. The SMILES string of the molecule is C=CCN(CC(=O)O)C(=O)C(C)(C)Cc1ccc(C(=O)Oc2ccc(CNCN)cc2F)s1. The van der Waals surface area contributed by atoms with Crippen LogP contribution in [0.1, 0.15) is 34.0 Å². The molecule has 0 fully saturated rings. The number of nitrogens with one attached hydrogen (secondary N) is 1. The number of aliphatic carboxylic acids is 1. The molecule has 4 N–H and O–H groups in total. The first kappa shape index (κ1) is 26.2. The predicted octanol–water partition coefficient (Wildman–Crippen LogP) is 2.78. The smallest absolute Gasteiger partial charge is 0.353 e. The van der Waals surface area contributed by atoms with Gasteiger partial charge in [0.15, 0.2) is 11.6 Å². The number of hydrogen-bond donors (Lipinski definition) is 3. The molecule has 0 saturated heterocycles. The third-order valence-electron chi connectivity index (χ3n) is 4.69. The van der Waals surface area contributed by atoms with Crippen LogP contribution in [0.4, 0.5) is 4.39 Å². The minimum atomic E-state index is -1.11. The van der Waals surface area contributed by atoms with Gasteiger partial charge in [-0.3, -0.25) is 9.59 Å². The summed E-state index contributed by atoms with van der Waals surface area (Å²) < 4.78 is 19.5.